The van der Waals surface area contributed by atoms with Crippen molar-refractivity contribution in [3.05, 3.63) is 29.8 Å². The van der Waals surface area contributed by atoms with E-state index in [1.807, 2.05) is 0 Å². The van der Waals surface area contributed by atoms with Crippen LogP contribution in [0.15, 0.2) is 29.2 Å². The van der Waals surface area contributed by atoms with Crippen LogP contribution in [0.5, 0.6) is 0 Å². The van der Waals surface area contributed by atoms with Crippen LogP contribution in [0.4, 0.5) is 0 Å². The molecule has 1 aromatic rings. The molecule has 0 amide bonds. The number of nitrogens with two attached hydrogens (primary N) is 1. The summed E-state index contributed by atoms with van der Waals surface area (Å²) in [6.45, 7) is 0.532. The third kappa shape index (κ3) is 4.04. The lowest BCUT2D eigenvalue weighted by atomic mass is 10.2. The summed E-state index contributed by atoms with van der Waals surface area (Å²) >= 11 is 4.79. The highest BCUT2D eigenvalue weighted by atomic mass is 32.2. The molecule has 17 heavy (non-hydrogen) atoms. The Morgan fingerprint density at radius 1 is 1.53 bits per heavy atom. The molecule has 0 aromatic heterocycles. The summed E-state index contributed by atoms with van der Waals surface area (Å²) in [6, 6.07) is 6.18. The fraction of sp³-hybridized carbons (Fsp3) is 0.300. The Hall–Kier alpha value is -1.02. The number of sulfonamides is 1. The van der Waals surface area contributed by atoms with Crippen LogP contribution in [0, 0.1) is 0 Å². The molecule has 0 aliphatic carbocycles. The molecule has 94 valence electrons. The summed E-state index contributed by atoms with van der Waals surface area (Å²) in [4.78, 5) is 0.304. The molecule has 0 bridgehead atoms. The van der Waals surface area contributed by atoms with Crippen LogP contribution in [0.1, 0.15) is 5.56 Å². The van der Waals surface area contributed by atoms with Crippen molar-refractivity contribution in [1.29, 1.82) is 0 Å². The molecule has 0 atom stereocenters. The van der Waals surface area contributed by atoms with Gasteiger partial charge >= 0.3 is 0 Å². The van der Waals surface area contributed by atoms with Gasteiger partial charge in [0.05, 0.1) is 11.5 Å². The Morgan fingerprint density at radius 2 is 2.24 bits per heavy atom. The van der Waals surface area contributed by atoms with Crippen LogP contribution in [0.2, 0.25) is 0 Å². The standard InChI is InChI=1S/C10H14N2O3S2/c1-15-6-5-12-17(13,14)9-4-2-3-8(7-9)10(11)16/h2-4,7,12H,5-6H2,1H3,(H2,11,16). The number of ether oxygens (including phenoxy) is 1. The summed E-state index contributed by atoms with van der Waals surface area (Å²) in [5.74, 6) is 0. The normalized spacial score (nSPS) is 11.4. The van der Waals surface area contributed by atoms with E-state index >= 15 is 0 Å². The van der Waals surface area contributed by atoms with Gasteiger partial charge in [-0.2, -0.15) is 0 Å². The molecule has 1 aromatic carbocycles. The zero-order valence-corrected chi connectivity index (χ0v) is 11.0. The summed E-state index contributed by atoms with van der Waals surface area (Å²) in [6.07, 6.45) is 0. The number of hydrogen-bond acceptors (Lipinski definition) is 4. The predicted molar refractivity (Wildman–Crippen MR) is 69.4 cm³/mol. The number of methoxy groups -OCH3 is 1. The molecule has 0 saturated carbocycles. The molecule has 0 fully saturated rings. The van der Waals surface area contributed by atoms with Crippen molar-refractivity contribution < 1.29 is 13.2 Å². The molecule has 3 N–H and O–H groups in total. The molecule has 5 nitrogen and oxygen atoms in total. The first kappa shape index (κ1) is 14.0. The van der Waals surface area contributed by atoms with Crippen molar-refractivity contribution in [2.24, 2.45) is 5.73 Å². The second-order valence-electron chi connectivity index (χ2n) is 3.28. The highest BCUT2D eigenvalue weighted by molar-refractivity contribution is 7.89. The second kappa shape index (κ2) is 6.06. The number of benzene rings is 1. The maximum atomic E-state index is 11.8. The van der Waals surface area contributed by atoms with Gasteiger partial charge in [-0.25, -0.2) is 13.1 Å². The highest BCUT2D eigenvalue weighted by Gasteiger charge is 2.13. The molecule has 0 heterocycles. The average Bonchev–Trinajstić information content (AvgIpc) is 2.29. The first-order valence-electron chi connectivity index (χ1n) is 4.86. The zero-order valence-electron chi connectivity index (χ0n) is 9.34. The average molecular weight is 274 g/mol. The Kier molecular flexibility index (Phi) is 5.01. The number of nitrogens with one attached hydrogen (secondary N) is 1. The number of thiocarbonyl (C=S) groups is 1. The summed E-state index contributed by atoms with van der Waals surface area (Å²) in [5.41, 5.74) is 5.97. The van der Waals surface area contributed by atoms with E-state index in [2.05, 4.69) is 4.72 Å². The third-order valence-corrected chi connectivity index (χ3v) is 3.72. The quantitative estimate of drug-likeness (QED) is 0.574. The van der Waals surface area contributed by atoms with Gasteiger partial charge in [0.15, 0.2) is 0 Å². The van der Waals surface area contributed by atoms with Gasteiger partial charge in [0.25, 0.3) is 0 Å². The second-order valence-corrected chi connectivity index (χ2v) is 5.49. The summed E-state index contributed by atoms with van der Waals surface area (Å²) in [5, 5.41) is 0. The van der Waals surface area contributed by atoms with E-state index in [-0.39, 0.29) is 16.4 Å². The Balaban J connectivity index is 2.91. The van der Waals surface area contributed by atoms with Gasteiger partial charge in [-0.05, 0) is 12.1 Å². The van der Waals surface area contributed by atoms with Gasteiger partial charge in [0.1, 0.15) is 4.99 Å². The minimum absolute atomic E-state index is 0.138. The lowest BCUT2D eigenvalue weighted by molar-refractivity contribution is 0.204. The minimum atomic E-state index is -3.53. The zero-order chi connectivity index (χ0) is 12.9. The lowest BCUT2D eigenvalue weighted by Gasteiger charge is -2.07. The molecule has 7 heteroatoms. The van der Waals surface area contributed by atoms with Crippen molar-refractivity contribution in [3.63, 3.8) is 0 Å². The molecule has 0 unspecified atom stereocenters. The predicted octanol–water partition coefficient (Wildman–Crippen LogP) is 0.245. The number of rotatable bonds is 6. The van der Waals surface area contributed by atoms with Gasteiger partial charge in [-0.3, -0.25) is 0 Å². The molecule has 0 aliphatic rings. The minimum Gasteiger partial charge on any atom is -0.389 e. The maximum absolute atomic E-state index is 11.8. The molecule has 0 spiro atoms. The van der Waals surface area contributed by atoms with Gasteiger partial charge < -0.3 is 10.5 Å². The fourth-order valence-corrected chi connectivity index (χ4v) is 2.36. The lowest BCUT2D eigenvalue weighted by Crippen LogP contribution is -2.27. The molecule has 1 rings (SSSR count). The van der Waals surface area contributed by atoms with Crippen LogP contribution in [-0.2, 0) is 14.8 Å². The topological polar surface area (TPSA) is 81.4 Å². The van der Waals surface area contributed by atoms with Crippen molar-refractivity contribution in [1.82, 2.24) is 4.72 Å². The Bertz CT molecular complexity index is 500. The van der Waals surface area contributed by atoms with Crippen LogP contribution in [-0.4, -0.2) is 33.7 Å². The van der Waals surface area contributed by atoms with E-state index in [0.29, 0.717) is 12.2 Å². The first-order chi connectivity index (χ1) is 7.97. The Labute approximate surface area is 106 Å². The van der Waals surface area contributed by atoms with E-state index in [1.165, 1.54) is 19.2 Å². The third-order valence-electron chi connectivity index (χ3n) is 2.03. The van der Waals surface area contributed by atoms with Crippen LogP contribution < -0.4 is 10.5 Å². The van der Waals surface area contributed by atoms with Gasteiger partial charge in [-0.1, -0.05) is 24.4 Å². The smallest absolute Gasteiger partial charge is 0.240 e. The number of hydrogen-bond donors (Lipinski definition) is 2. The van der Waals surface area contributed by atoms with Crippen molar-refractivity contribution in [3.8, 4) is 0 Å². The van der Waals surface area contributed by atoms with Crippen molar-refractivity contribution >= 4 is 27.2 Å². The van der Waals surface area contributed by atoms with Crippen LogP contribution >= 0.6 is 12.2 Å². The molecular formula is C10H14N2O3S2. The summed E-state index contributed by atoms with van der Waals surface area (Å²) < 4.78 is 30.8. The highest BCUT2D eigenvalue weighted by Crippen LogP contribution is 2.11. The SMILES string of the molecule is COCCNS(=O)(=O)c1cccc(C(N)=S)c1. The fourth-order valence-electron chi connectivity index (χ4n) is 1.18. The van der Waals surface area contributed by atoms with Crippen molar-refractivity contribution in [2.45, 2.75) is 4.90 Å². The van der Waals surface area contributed by atoms with Crippen molar-refractivity contribution in [2.75, 3.05) is 20.3 Å². The summed E-state index contributed by atoms with van der Waals surface area (Å²) in [7, 11) is -2.03. The monoisotopic (exact) mass is 274 g/mol. The van der Waals surface area contributed by atoms with E-state index in [9.17, 15) is 8.42 Å². The molecule has 0 aliphatic heterocycles. The first-order valence-corrected chi connectivity index (χ1v) is 6.75. The largest absolute Gasteiger partial charge is 0.389 e. The van der Waals surface area contributed by atoms with E-state index in [1.54, 1.807) is 12.1 Å². The van der Waals surface area contributed by atoms with E-state index < -0.39 is 10.0 Å². The maximum Gasteiger partial charge on any atom is 0.240 e. The Morgan fingerprint density at radius 3 is 2.82 bits per heavy atom. The van der Waals surface area contributed by atoms with Crippen LogP contribution in [0.25, 0.3) is 0 Å². The van der Waals surface area contributed by atoms with Gasteiger partial charge in [0.2, 0.25) is 10.0 Å². The van der Waals surface area contributed by atoms with Gasteiger partial charge in [-0.15, -0.1) is 0 Å². The molecular weight excluding hydrogens is 260 g/mol. The van der Waals surface area contributed by atoms with E-state index in [4.69, 9.17) is 22.7 Å². The molecule has 0 saturated heterocycles. The molecule has 0 radical (unpaired) electrons. The van der Waals surface area contributed by atoms with E-state index in [0.717, 1.165) is 0 Å². The van der Waals surface area contributed by atoms with Gasteiger partial charge in [0, 0.05) is 19.2 Å². The van der Waals surface area contributed by atoms with Crippen LogP contribution in [0.3, 0.4) is 0 Å².